The zero-order valence-corrected chi connectivity index (χ0v) is 16.1. The van der Waals surface area contributed by atoms with Crippen molar-refractivity contribution < 1.29 is 0 Å². The van der Waals surface area contributed by atoms with Gasteiger partial charge in [-0.25, -0.2) is 0 Å². The number of hydrogen-bond donors (Lipinski definition) is 1. The third-order valence-electron chi connectivity index (χ3n) is 5.02. The second-order valence-corrected chi connectivity index (χ2v) is 7.72. The van der Waals surface area contributed by atoms with Crippen LogP contribution < -0.4 is 10.2 Å². The number of aryl methyl sites for hydroxylation is 1. The molecule has 2 aliphatic rings. The van der Waals surface area contributed by atoms with Gasteiger partial charge >= 0.3 is 0 Å². The molecule has 0 saturated heterocycles. The summed E-state index contributed by atoms with van der Waals surface area (Å²) in [7, 11) is 0. The number of nitrogens with zero attached hydrogens (tertiary/aromatic N) is 1. The van der Waals surface area contributed by atoms with Crippen LogP contribution in [0, 0.1) is 6.92 Å². The highest BCUT2D eigenvalue weighted by Gasteiger charge is 2.34. The van der Waals surface area contributed by atoms with E-state index in [1.165, 1.54) is 32.6 Å². The minimum Gasteiger partial charge on any atom is -0.385 e. The molecule has 1 aliphatic heterocycles. The third kappa shape index (κ3) is 3.38. The molecule has 1 aliphatic carbocycles. The molecule has 0 amide bonds. The van der Waals surface area contributed by atoms with Crippen LogP contribution >= 0.6 is 15.9 Å². The molecule has 0 fully saturated rings. The fourth-order valence-corrected chi connectivity index (χ4v) is 4.25. The zero-order valence-electron chi connectivity index (χ0n) is 14.5. The van der Waals surface area contributed by atoms with Crippen LogP contribution in [0.1, 0.15) is 24.0 Å². The van der Waals surface area contributed by atoms with Crippen LogP contribution in [0.3, 0.4) is 0 Å². The summed E-state index contributed by atoms with van der Waals surface area (Å²) in [6, 6.07) is 17.8. The van der Waals surface area contributed by atoms with Crippen molar-refractivity contribution in [3.8, 4) is 0 Å². The fraction of sp³-hybridized carbons (Fsp3) is 0.273. The quantitative estimate of drug-likeness (QED) is 0.649. The summed E-state index contributed by atoms with van der Waals surface area (Å²) in [5, 5.41) is 3.52. The van der Waals surface area contributed by atoms with Gasteiger partial charge in [0.2, 0.25) is 0 Å². The lowest BCUT2D eigenvalue weighted by molar-refractivity contribution is 0.694. The number of anilines is 2. The monoisotopic (exact) mass is 394 g/mol. The normalized spacial score (nSPS) is 18.3. The lowest BCUT2D eigenvalue weighted by Crippen LogP contribution is -2.33. The van der Waals surface area contributed by atoms with Gasteiger partial charge in [-0.3, -0.25) is 0 Å². The molecule has 2 aromatic rings. The van der Waals surface area contributed by atoms with Crippen molar-refractivity contribution in [1.29, 1.82) is 0 Å². The highest BCUT2D eigenvalue weighted by Crippen LogP contribution is 2.45. The molecule has 0 radical (unpaired) electrons. The molecule has 1 unspecified atom stereocenters. The SMILES string of the molecule is Cc1ccc2c(c1)C1=CC(Br)=CCC1N2CCCNc1ccccc1. The minimum absolute atomic E-state index is 0.481. The standard InChI is InChI=1S/C22H23BrN2/c1-16-8-10-21-19(14-16)20-15-17(23)9-11-22(20)25(21)13-5-12-24-18-6-3-2-4-7-18/h2-4,6-10,14-15,22,24H,5,11-13H2,1H3. The molecule has 1 atom stereocenters. The average Bonchev–Trinajstić information content (AvgIpc) is 2.92. The molecule has 3 heteroatoms. The maximum absolute atomic E-state index is 3.66. The Hall–Kier alpha value is -2.00. The molecule has 0 bridgehead atoms. The molecule has 2 nitrogen and oxygen atoms in total. The average molecular weight is 395 g/mol. The fourth-order valence-electron chi connectivity index (χ4n) is 3.82. The highest BCUT2D eigenvalue weighted by atomic mass is 79.9. The Morgan fingerprint density at radius 2 is 2.00 bits per heavy atom. The maximum atomic E-state index is 3.66. The summed E-state index contributed by atoms with van der Waals surface area (Å²) < 4.78 is 1.21. The molecule has 0 saturated carbocycles. The molecule has 25 heavy (non-hydrogen) atoms. The summed E-state index contributed by atoms with van der Waals surface area (Å²) in [6.45, 7) is 4.24. The predicted octanol–water partition coefficient (Wildman–Crippen LogP) is 5.75. The lowest BCUT2D eigenvalue weighted by atomic mass is 9.95. The van der Waals surface area contributed by atoms with Crippen molar-refractivity contribution in [2.24, 2.45) is 0 Å². The van der Waals surface area contributed by atoms with Crippen molar-refractivity contribution in [2.75, 3.05) is 23.3 Å². The molecule has 0 spiro atoms. The number of nitrogens with one attached hydrogen (secondary N) is 1. The van der Waals surface area contributed by atoms with E-state index in [2.05, 4.69) is 93.8 Å². The van der Waals surface area contributed by atoms with Crippen LogP contribution in [0.2, 0.25) is 0 Å². The van der Waals surface area contributed by atoms with Gasteiger partial charge in [0.15, 0.2) is 0 Å². The largest absolute Gasteiger partial charge is 0.385 e. The van der Waals surface area contributed by atoms with Crippen molar-refractivity contribution in [1.82, 2.24) is 0 Å². The van der Waals surface area contributed by atoms with Crippen molar-refractivity contribution in [3.63, 3.8) is 0 Å². The Balaban J connectivity index is 1.47. The molecule has 4 rings (SSSR count). The number of hydrogen-bond acceptors (Lipinski definition) is 2. The molecular weight excluding hydrogens is 372 g/mol. The van der Waals surface area contributed by atoms with E-state index < -0.39 is 0 Å². The Labute approximate surface area is 158 Å². The first-order chi connectivity index (χ1) is 12.2. The molecular formula is C22H23BrN2. The van der Waals surface area contributed by atoms with E-state index in [-0.39, 0.29) is 0 Å². The van der Waals surface area contributed by atoms with Gasteiger partial charge < -0.3 is 10.2 Å². The number of rotatable bonds is 5. The third-order valence-corrected chi connectivity index (χ3v) is 5.57. The second kappa shape index (κ2) is 7.09. The molecule has 2 aromatic carbocycles. The highest BCUT2D eigenvalue weighted by molar-refractivity contribution is 9.11. The lowest BCUT2D eigenvalue weighted by Gasteiger charge is -2.29. The van der Waals surface area contributed by atoms with Crippen LogP contribution in [0.5, 0.6) is 0 Å². The second-order valence-electron chi connectivity index (χ2n) is 6.80. The van der Waals surface area contributed by atoms with Crippen LogP contribution in [-0.2, 0) is 0 Å². The van der Waals surface area contributed by atoms with Gasteiger partial charge in [-0.15, -0.1) is 0 Å². The van der Waals surface area contributed by atoms with E-state index in [9.17, 15) is 0 Å². The maximum Gasteiger partial charge on any atom is 0.0584 e. The number of fused-ring (bicyclic) bond motifs is 3. The minimum atomic E-state index is 0.481. The van der Waals surface area contributed by atoms with Gasteiger partial charge in [0.05, 0.1) is 6.04 Å². The Morgan fingerprint density at radius 1 is 1.16 bits per heavy atom. The summed E-state index contributed by atoms with van der Waals surface area (Å²) in [5.74, 6) is 0. The first-order valence-corrected chi connectivity index (χ1v) is 9.75. The summed E-state index contributed by atoms with van der Waals surface area (Å²) in [4.78, 5) is 2.59. The Kier molecular flexibility index (Phi) is 4.67. The van der Waals surface area contributed by atoms with E-state index in [1.807, 2.05) is 0 Å². The van der Waals surface area contributed by atoms with E-state index in [0.717, 1.165) is 25.9 Å². The zero-order chi connectivity index (χ0) is 17.2. The summed E-state index contributed by atoms with van der Waals surface area (Å²) in [5.41, 5.74) is 6.79. The van der Waals surface area contributed by atoms with E-state index >= 15 is 0 Å². The number of halogens is 1. The van der Waals surface area contributed by atoms with Gasteiger partial charge in [0.25, 0.3) is 0 Å². The van der Waals surface area contributed by atoms with Gasteiger partial charge in [0.1, 0.15) is 0 Å². The topological polar surface area (TPSA) is 15.3 Å². The Bertz CT molecular complexity index is 823. The smallest absolute Gasteiger partial charge is 0.0584 e. The number of para-hydroxylation sites is 1. The van der Waals surface area contributed by atoms with Crippen LogP contribution in [0.4, 0.5) is 11.4 Å². The Morgan fingerprint density at radius 3 is 2.84 bits per heavy atom. The summed E-state index contributed by atoms with van der Waals surface area (Å²) >= 11 is 3.66. The van der Waals surface area contributed by atoms with Gasteiger partial charge in [0, 0.05) is 34.5 Å². The van der Waals surface area contributed by atoms with Gasteiger partial charge in [-0.2, -0.15) is 0 Å². The van der Waals surface area contributed by atoms with Crippen LogP contribution in [0.15, 0.2) is 65.2 Å². The van der Waals surface area contributed by atoms with E-state index in [0.29, 0.717) is 6.04 Å². The van der Waals surface area contributed by atoms with Crippen molar-refractivity contribution in [3.05, 3.63) is 76.3 Å². The first-order valence-electron chi connectivity index (χ1n) is 8.96. The van der Waals surface area contributed by atoms with Crippen LogP contribution in [-0.4, -0.2) is 19.1 Å². The van der Waals surface area contributed by atoms with Gasteiger partial charge in [-0.05, 0) is 55.7 Å². The first kappa shape index (κ1) is 16.5. The van der Waals surface area contributed by atoms with Crippen molar-refractivity contribution >= 4 is 32.9 Å². The van der Waals surface area contributed by atoms with E-state index in [1.54, 1.807) is 0 Å². The molecule has 1 heterocycles. The molecule has 0 aromatic heterocycles. The van der Waals surface area contributed by atoms with Crippen LogP contribution in [0.25, 0.3) is 5.57 Å². The number of allylic oxidation sites excluding steroid dienone is 2. The predicted molar refractivity (Wildman–Crippen MR) is 111 cm³/mol. The molecule has 128 valence electrons. The number of benzene rings is 2. The molecule has 1 N–H and O–H groups in total. The van der Waals surface area contributed by atoms with E-state index in [4.69, 9.17) is 0 Å². The van der Waals surface area contributed by atoms with Crippen molar-refractivity contribution in [2.45, 2.75) is 25.8 Å². The van der Waals surface area contributed by atoms with Gasteiger partial charge in [-0.1, -0.05) is 51.8 Å². The summed E-state index contributed by atoms with van der Waals surface area (Å²) in [6.07, 6.45) is 6.79.